The summed E-state index contributed by atoms with van der Waals surface area (Å²) in [6, 6.07) is 72.9. The van der Waals surface area contributed by atoms with Crippen LogP contribution >= 0.6 is 0 Å². The van der Waals surface area contributed by atoms with Crippen LogP contribution in [0.3, 0.4) is 0 Å². The lowest BCUT2D eigenvalue weighted by Gasteiger charge is -2.62. The van der Waals surface area contributed by atoms with Gasteiger partial charge in [0, 0.05) is 27.9 Å². The third-order valence-corrected chi connectivity index (χ3v) is 17.4. The Hall–Kier alpha value is -6.44. The molecule has 2 fully saturated rings. The monoisotopic (exact) mass is 839 g/mol. The molecule has 2 bridgehead atoms. The van der Waals surface area contributed by atoms with Crippen LogP contribution in [0.1, 0.15) is 104 Å². The molecule has 1 nitrogen and oxygen atoms in total. The topological polar surface area (TPSA) is 3.24 Å². The molecule has 5 aliphatic carbocycles. The highest BCUT2D eigenvalue weighted by Crippen LogP contribution is 2.70. The zero-order valence-corrected chi connectivity index (χ0v) is 38.2. The maximum absolute atomic E-state index is 2.72. The predicted molar refractivity (Wildman–Crippen MR) is 271 cm³/mol. The third kappa shape index (κ3) is 5.27. The van der Waals surface area contributed by atoms with Gasteiger partial charge in [0.25, 0.3) is 0 Å². The fraction of sp³-hybridized carbons (Fsp3) is 0.250. The van der Waals surface area contributed by atoms with Crippen LogP contribution in [0.15, 0.2) is 188 Å². The van der Waals surface area contributed by atoms with Crippen molar-refractivity contribution in [2.45, 2.75) is 76.0 Å². The quantitative estimate of drug-likeness (QED) is 0.167. The van der Waals surface area contributed by atoms with E-state index in [-0.39, 0.29) is 10.8 Å². The highest BCUT2D eigenvalue weighted by Gasteiger charge is 2.62. The molecule has 318 valence electrons. The second-order valence-corrected chi connectivity index (χ2v) is 20.9. The Morgan fingerprint density at radius 1 is 0.415 bits per heavy atom. The fourth-order valence-corrected chi connectivity index (χ4v) is 14.8. The fourth-order valence-electron chi connectivity index (χ4n) is 14.8. The van der Waals surface area contributed by atoms with Gasteiger partial charge >= 0.3 is 0 Å². The maximum Gasteiger partial charge on any atom is 0.0719 e. The molecule has 0 amide bonds. The Bertz CT molecular complexity index is 3120. The first kappa shape index (κ1) is 39.0. The van der Waals surface area contributed by atoms with E-state index in [4.69, 9.17) is 0 Å². The highest BCUT2D eigenvalue weighted by atomic mass is 15.1. The molecular weight excluding hydrogens is 783 g/mol. The Balaban J connectivity index is 1.11. The number of fused-ring (bicyclic) bond motifs is 12. The largest absolute Gasteiger partial charge is 0.310 e. The van der Waals surface area contributed by atoms with Gasteiger partial charge in [0.1, 0.15) is 0 Å². The van der Waals surface area contributed by atoms with Crippen molar-refractivity contribution >= 4 is 17.1 Å². The van der Waals surface area contributed by atoms with Crippen LogP contribution < -0.4 is 4.90 Å². The predicted octanol–water partition coefficient (Wildman–Crippen LogP) is 16.6. The van der Waals surface area contributed by atoms with Crippen molar-refractivity contribution in [2.24, 2.45) is 23.7 Å². The van der Waals surface area contributed by atoms with Gasteiger partial charge in [-0.2, -0.15) is 0 Å². The SMILES string of the molecule is CCC1C[C@@H]2CC(C)C[C@@H](C1)C21c2ccccc2C2(c3ccccc3-c3ccccc32)c2ccc(N(c3cccc(-c4ccccc4)c3)c3ccc4c(c3)C(C)(C)c3ccccc3-4)cc21. The van der Waals surface area contributed by atoms with E-state index in [9.17, 15) is 0 Å². The van der Waals surface area contributed by atoms with E-state index in [0.29, 0.717) is 17.8 Å². The molecule has 0 aromatic heterocycles. The molecule has 65 heavy (non-hydrogen) atoms. The molecule has 13 rings (SSSR count). The summed E-state index contributed by atoms with van der Waals surface area (Å²) in [4.78, 5) is 2.60. The number of anilines is 3. The Morgan fingerprint density at radius 3 is 1.57 bits per heavy atom. The average molecular weight is 840 g/mol. The lowest BCUT2D eigenvalue weighted by atomic mass is 9.41. The molecule has 0 unspecified atom stereocenters. The van der Waals surface area contributed by atoms with Gasteiger partial charge in [0.05, 0.1) is 5.41 Å². The zero-order chi connectivity index (χ0) is 43.7. The van der Waals surface area contributed by atoms with Gasteiger partial charge in [-0.25, -0.2) is 0 Å². The van der Waals surface area contributed by atoms with E-state index in [2.05, 4.69) is 221 Å². The van der Waals surface area contributed by atoms with Crippen LogP contribution in [-0.2, 0) is 16.2 Å². The van der Waals surface area contributed by atoms with Crippen molar-refractivity contribution in [3.05, 3.63) is 233 Å². The molecule has 0 N–H and O–H groups in total. The Morgan fingerprint density at radius 2 is 0.908 bits per heavy atom. The number of benzene rings is 8. The number of hydrogen-bond donors (Lipinski definition) is 0. The molecule has 8 aromatic rings. The first-order valence-corrected chi connectivity index (χ1v) is 24.5. The normalized spacial score (nSPS) is 23.2. The van der Waals surface area contributed by atoms with Crippen LogP contribution in [0, 0.1) is 23.7 Å². The maximum atomic E-state index is 2.72. The summed E-state index contributed by atoms with van der Waals surface area (Å²) in [6.07, 6.45) is 6.39. The summed E-state index contributed by atoms with van der Waals surface area (Å²) in [5.41, 5.74) is 22.7. The lowest BCUT2D eigenvalue weighted by Crippen LogP contribution is -2.56. The van der Waals surface area contributed by atoms with E-state index >= 15 is 0 Å². The molecule has 1 heteroatoms. The lowest BCUT2D eigenvalue weighted by molar-refractivity contribution is 0.0180. The number of rotatable bonds is 5. The Labute approximate surface area is 385 Å². The standard InChI is InChI=1S/C64H57N/c1-5-42-36-45-34-41(2)35-46(37-42)63(45)57-28-15-16-29-58(57)64(55-26-13-10-23-51(55)52-24-11-14-27-56(52)64)59-33-31-49(40-61(59)63)65(47-21-17-20-44(38-47)43-18-7-6-8-19-43)48-30-32-53-50-22-9-12-25-54(50)62(3,4)60(53)39-48/h6-33,38-42,45-46H,5,34-37H2,1-4H3/t41?,42?,45-,46-,63?/m0/s1. The van der Waals surface area contributed by atoms with Crippen LogP contribution in [0.5, 0.6) is 0 Å². The van der Waals surface area contributed by atoms with Gasteiger partial charge in [-0.15, -0.1) is 0 Å². The van der Waals surface area contributed by atoms with Gasteiger partial charge in [-0.1, -0.05) is 186 Å². The van der Waals surface area contributed by atoms with Gasteiger partial charge in [0.15, 0.2) is 0 Å². The van der Waals surface area contributed by atoms with Crippen molar-refractivity contribution in [2.75, 3.05) is 4.90 Å². The molecule has 0 saturated heterocycles. The van der Waals surface area contributed by atoms with Gasteiger partial charge in [-0.05, 0) is 164 Å². The van der Waals surface area contributed by atoms with Crippen molar-refractivity contribution in [3.63, 3.8) is 0 Å². The molecule has 2 atom stereocenters. The minimum Gasteiger partial charge on any atom is -0.310 e. The molecule has 0 aliphatic heterocycles. The minimum atomic E-state index is -0.425. The highest BCUT2D eigenvalue weighted by molar-refractivity contribution is 5.91. The van der Waals surface area contributed by atoms with Crippen LogP contribution in [0.4, 0.5) is 17.1 Å². The van der Waals surface area contributed by atoms with Crippen molar-refractivity contribution < 1.29 is 0 Å². The number of hydrogen-bond acceptors (Lipinski definition) is 1. The zero-order valence-electron chi connectivity index (χ0n) is 38.2. The van der Waals surface area contributed by atoms with Gasteiger partial charge in [0.2, 0.25) is 0 Å². The third-order valence-electron chi connectivity index (χ3n) is 17.4. The smallest absolute Gasteiger partial charge is 0.0719 e. The van der Waals surface area contributed by atoms with Crippen LogP contribution in [0.2, 0.25) is 0 Å². The van der Waals surface area contributed by atoms with Crippen LogP contribution in [-0.4, -0.2) is 0 Å². The van der Waals surface area contributed by atoms with Gasteiger partial charge < -0.3 is 4.90 Å². The van der Waals surface area contributed by atoms with E-state index in [1.54, 1.807) is 11.1 Å². The molecule has 2 spiro atoms. The van der Waals surface area contributed by atoms with Crippen molar-refractivity contribution in [1.29, 1.82) is 0 Å². The summed E-state index contributed by atoms with van der Waals surface area (Å²) in [7, 11) is 0. The first-order valence-electron chi connectivity index (χ1n) is 24.5. The van der Waals surface area contributed by atoms with E-state index in [0.717, 1.165) is 5.92 Å². The van der Waals surface area contributed by atoms with E-state index in [1.165, 1.54) is 116 Å². The summed E-state index contributed by atoms with van der Waals surface area (Å²) in [6.45, 7) is 9.81. The van der Waals surface area contributed by atoms with E-state index in [1.807, 2.05) is 0 Å². The summed E-state index contributed by atoms with van der Waals surface area (Å²) in [5.74, 6) is 2.60. The van der Waals surface area contributed by atoms with Gasteiger partial charge in [-0.3, -0.25) is 0 Å². The molecule has 2 saturated carbocycles. The Kier molecular flexibility index (Phi) is 8.56. The van der Waals surface area contributed by atoms with Crippen molar-refractivity contribution in [3.8, 4) is 33.4 Å². The number of nitrogens with zero attached hydrogens (tertiary/aromatic N) is 1. The molecule has 5 aliphatic rings. The van der Waals surface area contributed by atoms with Crippen molar-refractivity contribution in [1.82, 2.24) is 0 Å². The van der Waals surface area contributed by atoms with Crippen LogP contribution in [0.25, 0.3) is 33.4 Å². The molecular formula is C64H57N. The second kappa shape index (κ2) is 14.3. The average Bonchev–Trinajstić information content (AvgIpc) is 3.76. The first-order chi connectivity index (χ1) is 31.8. The second-order valence-electron chi connectivity index (χ2n) is 20.9. The van der Waals surface area contributed by atoms with E-state index < -0.39 is 5.41 Å². The molecule has 0 heterocycles. The summed E-state index contributed by atoms with van der Waals surface area (Å²) < 4.78 is 0. The summed E-state index contributed by atoms with van der Waals surface area (Å²) >= 11 is 0. The molecule has 8 aromatic carbocycles. The summed E-state index contributed by atoms with van der Waals surface area (Å²) in [5, 5.41) is 0. The molecule has 0 radical (unpaired) electrons. The minimum absolute atomic E-state index is 0.100.